The van der Waals surface area contributed by atoms with Gasteiger partial charge in [0.15, 0.2) is 5.43 Å². The van der Waals surface area contributed by atoms with Crippen molar-refractivity contribution in [3.05, 3.63) is 34.2 Å². The van der Waals surface area contributed by atoms with Gasteiger partial charge in [-0.2, -0.15) is 0 Å². The Bertz CT molecular complexity index is 598. The van der Waals surface area contributed by atoms with Crippen molar-refractivity contribution in [3.63, 3.8) is 0 Å². The number of ether oxygens (including phenoxy) is 2. The monoisotopic (exact) mass is 238 g/mol. The van der Waals surface area contributed by atoms with Crippen LogP contribution >= 0.6 is 0 Å². The van der Waals surface area contributed by atoms with Gasteiger partial charge in [-0.1, -0.05) is 0 Å². The second-order valence-electron chi connectivity index (χ2n) is 3.41. The van der Waals surface area contributed by atoms with Crippen molar-refractivity contribution in [3.8, 4) is 11.5 Å². The summed E-state index contributed by atoms with van der Waals surface area (Å²) >= 11 is 0. The van der Waals surface area contributed by atoms with E-state index >= 15 is 0 Å². The fourth-order valence-electron chi connectivity index (χ4n) is 1.62. The predicted molar refractivity (Wildman–Crippen MR) is 60.4 cm³/mol. The average molecular weight is 238 g/mol. The molecule has 5 heteroatoms. The number of fused-ring (bicyclic) bond motifs is 1. The second kappa shape index (κ2) is 4.45. The molecule has 0 N–H and O–H groups in total. The van der Waals surface area contributed by atoms with Gasteiger partial charge in [0.2, 0.25) is 0 Å². The zero-order valence-corrected chi connectivity index (χ0v) is 9.45. The quantitative estimate of drug-likeness (QED) is 0.823. The fraction of sp³-hybridized carbons (Fsp3) is 0.250. The third-order valence-corrected chi connectivity index (χ3v) is 2.41. The van der Waals surface area contributed by atoms with Crippen molar-refractivity contribution in [2.75, 3.05) is 14.2 Å². The molecule has 0 radical (unpaired) electrons. The maximum atomic E-state index is 12.5. The molecule has 17 heavy (non-hydrogen) atoms. The van der Waals surface area contributed by atoms with E-state index in [-0.39, 0.29) is 22.2 Å². The zero-order valence-electron chi connectivity index (χ0n) is 9.45. The van der Waals surface area contributed by atoms with Gasteiger partial charge in [-0.15, -0.1) is 0 Å². The van der Waals surface area contributed by atoms with E-state index in [1.165, 1.54) is 20.3 Å². The molecule has 0 saturated carbocycles. The molecule has 0 aliphatic heterocycles. The lowest BCUT2D eigenvalue weighted by Gasteiger charge is -2.07. The van der Waals surface area contributed by atoms with Gasteiger partial charge in [-0.25, -0.2) is 4.39 Å². The van der Waals surface area contributed by atoms with Gasteiger partial charge < -0.3 is 13.9 Å². The van der Waals surface area contributed by atoms with Crippen molar-refractivity contribution in [1.82, 2.24) is 0 Å². The van der Waals surface area contributed by atoms with Gasteiger partial charge in [-0.3, -0.25) is 4.79 Å². The van der Waals surface area contributed by atoms with Crippen LogP contribution in [0.2, 0.25) is 0 Å². The Hall–Kier alpha value is -2.04. The summed E-state index contributed by atoms with van der Waals surface area (Å²) in [5.74, 6) is 0.810. The molecule has 0 aliphatic rings. The highest BCUT2D eigenvalue weighted by molar-refractivity contribution is 5.85. The summed E-state index contributed by atoms with van der Waals surface area (Å²) in [6, 6.07) is 4.23. The number of hydrogen-bond donors (Lipinski definition) is 0. The molecule has 90 valence electrons. The van der Waals surface area contributed by atoms with E-state index in [0.29, 0.717) is 11.5 Å². The smallest absolute Gasteiger partial charge is 0.196 e. The van der Waals surface area contributed by atoms with Crippen LogP contribution < -0.4 is 14.9 Å². The molecule has 0 unspecified atom stereocenters. The molecule has 1 heterocycles. The van der Waals surface area contributed by atoms with Crippen LogP contribution in [0.4, 0.5) is 4.39 Å². The molecule has 0 spiro atoms. The topological polar surface area (TPSA) is 48.7 Å². The molecule has 0 fully saturated rings. The maximum Gasteiger partial charge on any atom is 0.196 e. The first-order chi connectivity index (χ1) is 8.19. The number of hydrogen-bond acceptors (Lipinski definition) is 4. The van der Waals surface area contributed by atoms with Gasteiger partial charge in [0, 0.05) is 18.2 Å². The van der Waals surface area contributed by atoms with Crippen LogP contribution in [0.3, 0.4) is 0 Å². The molecule has 0 bridgehead atoms. The van der Waals surface area contributed by atoms with Gasteiger partial charge in [-0.05, 0) is 0 Å². The highest BCUT2D eigenvalue weighted by Gasteiger charge is 2.12. The SMILES string of the molecule is COc1cc(OC)c2c(=O)cc(CF)oc2c1. The minimum atomic E-state index is -0.829. The van der Waals surface area contributed by atoms with Crippen molar-refractivity contribution in [1.29, 1.82) is 0 Å². The third kappa shape index (κ3) is 1.95. The summed E-state index contributed by atoms with van der Waals surface area (Å²) in [5, 5.41) is 0.283. The minimum Gasteiger partial charge on any atom is -0.496 e. The summed E-state index contributed by atoms with van der Waals surface area (Å²) in [6.07, 6.45) is 0. The largest absolute Gasteiger partial charge is 0.496 e. The first-order valence-corrected chi connectivity index (χ1v) is 4.94. The number of alkyl halides is 1. The Morgan fingerprint density at radius 3 is 2.59 bits per heavy atom. The number of methoxy groups -OCH3 is 2. The summed E-state index contributed by atoms with van der Waals surface area (Å²) < 4.78 is 27.9. The van der Waals surface area contributed by atoms with Crippen molar-refractivity contribution >= 4 is 11.0 Å². The Morgan fingerprint density at radius 1 is 1.24 bits per heavy atom. The Kier molecular flexibility index (Phi) is 2.99. The zero-order chi connectivity index (χ0) is 12.4. The van der Waals surface area contributed by atoms with E-state index in [9.17, 15) is 9.18 Å². The van der Waals surface area contributed by atoms with Crippen LogP contribution in [0.1, 0.15) is 5.76 Å². The van der Waals surface area contributed by atoms with Gasteiger partial charge in [0.05, 0.1) is 14.2 Å². The molecule has 0 atom stereocenters. The van der Waals surface area contributed by atoms with E-state index in [1.807, 2.05) is 0 Å². The normalized spacial score (nSPS) is 10.5. The molecule has 2 aromatic rings. The molecule has 0 saturated heterocycles. The highest BCUT2D eigenvalue weighted by Crippen LogP contribution is 2.29. The lowest BCUT2D eigenvalue weighted by atomic mass is 10.2. The molecule has 1 aromatic heterocycles. The fourth-order valence-corrected chi connectivity index (χ4v) is 1.62. The van der Waals surface area contributed by atoms with E-state index in [2.05, 4.69) is 0 Å². The standard InChI is InChI=1S/C12H11FO4/c1-15-7-4-10(16-2)12-9(14)3-8(6-13)17-11(12)5-7/h3-5H,6H2,1-2H3. The minimum absolute atomic E-state index is 0.0159. The summed E-state index contributed by atoms with van der Waals surface area (Å²) in [5.41, 5.74) is -0.0836. The van der Waals surface area contributed by atoms with E-state index in [1.54, 1.807) is 6.07 Å². The van der Waals surface area contributed by atoms with Gasteiger partial charge in [0.1, 0.15) is 34.9 Å². The third-order valence-electron chi connectivity index (χ3n) is 2.41. The first-order valence-electron chi connectivity index (χ1n) is 4.94. The summed E-state index contributed by atoms with van der Waals surface area (Å²) in [7, 11) is 2.93. The predicted octanol–water partition coefficient (Wildman–Crippen LogP) is 2.28. The Balaban J connectivity index is 2.84. The highest BCUT2D eigenvalue weighted by atomic mass is 19.1. The van der Waals surface area contributed by atoms with Crippen molar-refractivity contribution in [2.24, 2.45) is 0 Å². The number of benzene rings is 1. The van der Waals surface area contributed by atoms with E-state index in [0.717, 1.165) is 6.07 Å². The Morgan fingerprint density at radius 2 is 2.00 bits per heavy atom. The second-order valence-corrected chi connectivity index (χ2v) is 3.41. The average Bonchev–Trinajstić information content (AvgIpc) is 2.36. The summed E-state index contributed by atoms with van der Waals surface area (Å²) in [4.78, 5) is 11.8. The van der Waals surface area contributed by atoms with Crippen LogP contribution in [-0.4, -0.2) is 14.2 Å². The number of rotatable bonds is 3. The van der Waals surface area contributed by atoms with Gasteiger partial charge >= 0.3 is 0 Å². The lowest BCUT2D eigenvalue weighted by molar-refractivity contribution is 0.387. The van der Waals surface area contributed by atoms with E-state index in [4.69, 9.17) is 13.9 Å². The van der Waals surface area contributed by atoms with Gasteiger partial charge in [0.25, 0.3) is 0 Å². The van der Waals surface area contributed by atoms with Crippen LogP contribution in [0.5, 0.6) is 11.5 Å². The molecule has 1 aromatic carbocycles. The molecule has 0 aliphatic carbocycles. The Labute approximate surface area is 96.6 Å². The molecule has 0 amide bonds. The van der Waals surface area contributed by atoms with Crippen LogP contribution in [0.25, 0.3) is 11.0 Å². The van der Waals surface area contributed by atoms with Crippen molar-refractivity contribution < 1.29 is 18.3 Å². The molecule has 2 rings (SSSR count). The summed E-state index contributed by atoms with van der Waals surface area (Å²) in [6.45, 7) is -0.829. The van der Waals surface area contributed by atoms with E-state index < -0.39 is 6.67 Å². The first kappa shape index (κ1) is 11.4. The van der Waals surface area contributed by atoms with Crippen LogP contribution in [-0.2, 0) is 6.67 Å². The molecular weight excluding hydrogens is 227 g/mol. The van der Waals surface area contributed by atoms with Crippen LogP contribution in [0.15, 0.2) is 27.4 Å². The maximum absolute atomic E-state index is 12.5. The van der Waals surface area contributed by atoms with Crippen molar-refractivity contribution in [2.45, 2.75) is 6.67 Å². The lowest BCUT2D eigenvalue weighted by Crippen LogP contribution is -2.04. The molecular formula is C12H11FO4. The van der Waals surface area contributed by atoms with Crippen LogP contribution in [0, 0.1) is 0 Å². The molecule has 4 nitrogen and oxygen atoms in total. The number of halogens is 1.